The van der Waals surface area contributed by atoms with Gasteiger partial charge in [-0.1, -0.05) is 11.6 Å². The number of hydrogen-bond donors (Lipinski definition) is 2. The second-order valence-corrected chi connectivity index (χ2v) is 3.89. The van der Waals surface area contributed by atoms with Crippen molar-refractivity contribution in [2.24, 2.45) is 0 Å². The van der Waals surface area contributed by atoms with Gasteiger partial charge in [-0.05, 0) is 30.3 Å². The summed E-state index contributed by atoms with van der Waals surface area (Å²) in [5, 5.41) is 2.84. The van der Waals surface area contributed by atoms with Crippen molar-refractivity contribution in [3.63, 3.8) is 0 Å². The molecule has 0 bridgehead atoms. The average molecular weight is 255 g/mol. The largest absolute Gasteiger partial charge is 0.397 e. The molecule has 88 valence electrons. The van der Waals surface area contributed by atoms with Gasteiger partial charge in [-0.3, -0.25) is 0 Å². The van der Waals surface area contributed by atoms with Crippen molar-refractivity contribution in [2.75, 3.05) is 11.1 Å². The maximum absolute atomic E-state index is 13.2. The molecular formula is C12H9ClF2N2. The van der Waals surface area contributed by atoms with E-state index in [0.717, 1.165) is 0 Å². The Morgan fingerprint density at radius 1 is 1.06 bits per heavy atom. The normalized spacial score (nSPS) is 10.3. The highest BCUT2D eigenvalue weighted by Crippen LogP contribution is 2.28. The van der Waals surface area contributed by atoms with Gasteiger partial charge in [0.05, 0.1) is 16.4 Å². The summed E-state index contributed by atoms with van der Waals surface area (Å²) in [4.78, 5) is 0. The number of hydrogen-bond acceptors (Lipinski definition) is 2. The minimum absolute atomic E-state index is 0.0350. The quantitative estimate of drug-likeness (QED) is 0.797. The SMILES string of the molecule is Nc1cc(Cl)c(F)cc1Nc1ccc(F)cc1. The van der Waals surface area contributed by atoms with Gasteiger partial charge < -0.3 is 11.1 Å². The number of nitrogens with two attached hydrogens (primary N) is 1. The monoisotopic (exact) mass is 254 g/mol. The van der Waals surface area contributed by atoms with E-state index < -0.39 is 5.82 Å². The predicted octanol–water partition coefficient (Wildman–Crippen LogP) is 3.94. The maximum atomic E-state index is 13.2. The predicted molar refractivity (Wildman–Crippen MR) is 65.5 cm³/mol. The molecule has 0 amide bonds. The molecule has 0 radical (unpaired) electrons. The van der Waals surface area contributed by atoms with Crippen LogP contribution in [0.5, 0.6) is 0 Å². The highest BCUT2D eigenvalue weighted by Gasteiger charge is 2.06. The lowest BCUT2D eigenvalue weighted by atomic mass is 10.2. The minimum Gasteiger partial charge on any atom is -0.397 e. The molecule has 0 aromatic heterocycles. The molecule has 0 atom stereocenters. The van der Waals surface area contributed by atoms with E-state index in [-0.39, 0.29) is 10.8 Å². The van der Waals surface area contributed by atoms with Gasteiger partial charge in [-0.25, -0.2) is 8.78 Å². The number of nitrogen functional groups attached to an aromatic ring is 1. The molecule has 2 nitrogen and oxygen atoms in total. The average Bonchev–Trinajstić information content (AvgIpc) is 2.29. The molecule has 0 unspecified atom stereocenters. The Hall–Kier alpha value is -1.81. The number of anilines is 3. The Labute approximate surface area is 102 Å². The van der Waals surface area contributed by atoms with E-state index in [1.54, 1.807) is 0 Å². The molecule has 0 fully saturated rings. The maximum Gasteiger partial charge on any atom is 0.144 e. The first-order valence-corrected chi connectivity index (χ1v) is 5.21. The molecule has 3 N–H and O–H groups in total. The van der Waals surface area contributed by atoms with Crippen LogP contribution < -0.4 is 11.1 Å². The molecule has 0 aliphatic rings. The second-order valence-electron chi connectivity index (χ2n) is 3.49. The molecule has 0 aliphatic heterocycles. The van der Waals surface area contributed by atoms with Crippen LogP contribution in [0.15, 0.2) is 36.4 Å². The van der Waals surface area contributed by atoms with Crippen molar-refractivity contribution < 1.29 is 8.78 Å². The van der Waals surface area contributed by atoms with Gasteiger partial charge >= 0.3 is 0 Å². The Bertz CT molecular complexity index is 541. The fourth-order valence-corrected chi connectivity index (χ4v) is 1.53. The third-order valence-electron chi connectivity index (χ3n) is 2.22. The Balaban J connectivity index is 2.30. The summed E-state index contributed by atoms with van der Waals surface area (Å²) in [6.07, 6.45) is 0. The Kier molecular flexibility index (Phi) is 3.15. The van der Waals surface area contributed by atoms with Crippen LogP contribution in [0.3, 0.4) is 0 Å². The molecule has 0 heterocycles. The van der Waals surface area contributed by atoms with Crippen LogP contribution >= 0.6 is 11.6 Å². The highest BCUT2D eigenvalue weighted by atomic mass is 35.5. The van der Waals surface area contributed by atoms with Gasteiger partial charge in [0.1, 0.15) is 11.6 Å². The molecule has 0 saturated heterocycles. The molecule has 2 rings (SSSR count). The zero-order chi connectivity index (χ0) is 12.4. The smallest absolute Gasteiger partial charge is 0.144 e. The zero-order valence-corrected chi connectivity index (χ0v) is 9.43. The molecule has 2 aromatic carbocycles. The van der Waals surface area contributed by atoms with Gasteiger partial charge in [0.2, 0.25) is 0 Å². The van der Waals surface area contributed by atoms with Crippen molar-refractivity contribution in [1.82, 2.24) is 0 Å². The highest BCUT2D eigenvalue weighted by molar-refractivity contribution is 6.31. The summed E-state index contributed by atoms with van der Waals surface area (Å²) in [7, 11) is 0. The van der Waals surface area contributed by atoms with E-state index in [1.165, 1.54) is 36.4 Å². The molecule has 0 spiro atoms. The van der Waals surface area contributed by atoms with Gasteiger partial charge in [-0.15, -0.1) is 0 Å². The lowest BCUT2D eigenvalue weighted by molar-refractivity contribution is 0.627. The number of benzene rings is 2. The van der Waals surface area contributed by atoms with Crippen LogP contribution in [0.4, 0.5) is 25.8 Å². The lowest BCUT2D eigenvalue weighted by Gasteiger charge is -2.10. The fourth-order valence-electron chi connectivity index (χ4n) is 1.36. The first-order valence-electron chi connectivity index (χ1n) is 4.83. The van der Waals surface area contributed by atoms with E-state index in [4.69, 9.17) is 17.3 Å². The van der Waals surface area contributed by atoms with E-state index >= 15 is 0 Å². The van der Waals surface area contributed by atoms with E-state index in [0.29, 0.717) is 17.1 Å². The summed E-state index contributed by atoms with van der Waals surface area (Å²) < 4.78 is 25.9. The fraction of sp³-hybridized carbons (Fsp3) is 0. The second kappa shape index (κ2) is 4.59. The van der Waals surface area contributed by atoms with Crippen LogP contribution in [0.2, 0.25) is 5.02 Å². The molecule has 0 aliphatic carbocycles. The summed E-state index contributed by atoms with van der Waals surface area (Å²) in [5.74, 6) is -0.906. The van der Waals surface area contributed by atoms with Gasteiger partial charge in [0.15, 0.2) is 0 Å². The Morgan fingerprint density at radius 3 is 2.35 bits per heavy atom. The van der Waals surface area contributed by atoms with Crippen LogP contribution in [0.1, 0.15) is 0 Å². The lowest BCUT2D eigenvalue weighted by Crippen LogP contribution is -1.97. The van der Waals surface area contributed by atoms with E-state index in [9.17, 15) is 8.78 Å². The number of nitrogens with one attached hydrogen (secondary N) is 1. The first-order chi connectivity index (χ1) is 8.06. The van der Waals surface area contributed by atoms with Crippen molar-refractivity contribution in [2.45, 2.75) is 0 Å². The molecular weight excluding hydrogens is 246 g/mol. The molecule has 17 heavy (non-hydrogen) atoms. The van der Waals surface area contributed by atoms with E-state index in [2.05, 4.69) is 5.32 Å². The van der Waals surface area contributed by atoms with Crippen LogP contribution in [-0.4, -0.2) is 0 Å². The standard InChI is InChI=1S/C12H9ClF2N2/c13-9-5-11(16)12(6-10(9)15)17-8-3-1-7(14)2-4-8/h1-6,17H,16H2. The van der Waals surface area contributed by atoms with Crippen LogP contribution in [0, 0.1) is 11.6 Å². The molecule has 0 saturated carbocycles. The summed E-state index contributed by atoms with van der Waals surface area (Å²) in [5.41, 5.74) is 7.00. The molecule has 2 aromatic rings. The van der Waals surface area contributed by atoms with Crippen molar-refractivity contribution in [1.29, 1.82) is 0 Å². The number of halogens is 3. The minimum atomic E-state index is -0.564. The third-order valence-corrected chi connectivity index (χ3v) is 2.51. The summed E-state index contributed by atoms with van der Waals surface area (Å²) in [6.45, 7) is 0. The molecule has 5 heteroatoms. The number of rotatable bonds is 2. The van der Waals surface area contributed by atoms with Crippen LogP contribution in [-0.2, 0) is 0 Å². The van der Waals surface area contributed by atoms with Gasteiger partial charge in [-0.2, -0.15) is 0 Å². The van der Waals surface area contributed by atoms with Crippen molar-refractivity contribution in [3.8, 4) is 0 Å². The summed E-state index contributed by atoms with van der Waals surface area (Å²) in [6, 6.07) is 8.17. The summed E-state index contributed by atoms with van der Waals surface area (Å²) >= 11 is 5.58. The van der Waals surface area contributed by atoms with Crippen LogP contribution in [0.25, 0.3) is 0 Å². The van der Waals surface area contributed by atoms with Gasteiger partial charge in [0.25, 0.3) is 0 Å². The topological polar surface area (TPSA) is 38.0 Å². The van der Waals surface area contributed by atoms with Gasteiger partial charge in [0, 0.05) is 11.8 Å². The van der Waals surface area contributed by atoms with Crippen molar-refractivity contribution in [3.05, 3.63) is 53.1 Å². The third kappa shape index (κ3) is 2.65. The van der Waals surface area contributed by atoms with E-state index in [1.807, 2.05) is 0 Å². The zero-order valence-electron chi connectivity index (χ0n) is 8.68. The Morgan fingerprint density at radius 2 is 1.71 bits per heavy atom. The first kappa shape index (κ1) is 11.7. The van der Waals surface area contributed by atoms with Crippen molar-refractivity contribution >= 4 is 28.7 Å².